The topological polar surface area (TPSA) is 12.0 Å². The van der Waals surface area contributed by atoms with Crippen molar-refractivity contribution in [3.63, 3.8) is 0 Å². The molecule has 0 amide bonds. The van der Waals surface area contributed by atoms with Crippen molar-refractivity contribution in [2.75, 3.05) is 5.32 Å². The minimum absolute atomic E-state index is 0.418. The first-order chi connectivity index (χ1) is 18.8. The van der Waals surface area contributed by atoms with Crippen LogP contribution in [-0.4, -0.2) is 0 Å². The molecule has 0 radical (unpaired) electrons. The molecule has 1 heterocycles. The van der Waals surface area contributed by atoms with Crippen LogP contribution in [0.15, 0.2) is 146 Å². The maximum atomic E-state index is 3.81. The van der Waals surface area contributed by atoms with E-state index < -0.39 is 5.41 Å². The van der Waals surface area contributed by atoms with E-state index in [0.717, 1.165) is 11.4 Å². The van der Waals surface area contributed by atoms with Crippen molar-refractivity contribution < 1.29 is 0 Å². The van der Waals surface area contributed by atoms with E-state index in [4.69, 9.17) is 0 Å². The fraction of sp³-hybridized carbons (Fsp3) is 0.0270. The number of hydrogen-bond acceptors (Lipinski definition) is 1. The molecule has 178 valence electrons. The first-order valence-corrected chi connectivity index (χ1v) is 13.2. The molecule has 1 heteroatoms. The van der Waals surface area contributed by atoms with Crippen molar-refractivity contribution in [1.29, 1.82) is 0 Å². The molecule has 0 atom stereocenters. The average Bonchev–Trinajstić information content (AvgIpc) is 3.29. The lowest BCUT2D eigenvalue weighted by molar-refractivity contribution is 0.764. The van der Waals surface area contributed by atoms with E-state index in [1.807, 2.05) is 0 Å². The van der Waals surface area contributed by atoms with Crippen molar-refractivity contribution in [3.05, 3.63) is 168 Å². The van der Waals surface area contributed by atoms with Crippen LogP contribution in [0.3, 0.4) is 0 Å². The van der Waals surface area contributed by atoms with Gasteiger partial charge in [-0.15, -0.1) is 0 Å². The Bertz CT molecular complexity index is 1700. The molecule has 1 nitrogen and oxygen atoms in total. The Morgan fingerprint density at radius 3 is 1.24 bits per heavy atom. The molecule has 0 fully saturated rings. The van der Waals surface area contributed by atoms with E-state index in [2.05, 4.69) is 151 Å². The monoisotopic (exact) mass is 483 g/mol. The molecule has 1 aliphatic carbocycles. The van der Waals surface area contributed by atoms with E-state index in [1.54, 1.807) is 0 Å². The lowest BCUT2D eigenvalue weighted by Crippen LogP contribution is -2.33. The van der Waals surface area contributed by atoms with Gasteiger partial charge in [0.15, 0.2) is 0 Å². The molecule has 1 N–H and O–H groups in total. The van der Waals surface area contributed by atoms with Gasteiger partial charge in [-0.05, 0) is 79.9 Å². The van der Waals surface area contributed by atoms with Gasteiger partial charge in [-0.25, -0.2) is 0 Å². The highest BCUT2D eigenvalue weighted by atomic mass is 14.9. The van der Waals surface area contributed by atoms with Gasteiger partial charge in [0, 0.05) is 11.4 Å². The van der Waals surface area contributed by atoms with Crippen molar-refractivity contribution in [1.82, 2.24) is 0 Å². The molecule has 0 saturated carbocycles. The Labute approximate surface area is 223 Å². The summed E-state index contributed by atoms with van der Waals surface area (Å²) in [5, 5.41) is 3.81. The molecule has 8 rings (SSSR count). The third-order valence-electron chi connectivity index (χ3n) is 8.28. The van der Waals surface area contributed by atoms with Crippen LogP contribution in [0.2, 0.25) is 0 Å². The summed E-state index contributed by atoms with van der Waals surface area (Å²) >= 11 is 0. The number of nitrogens with one attached hydrogen (secondary N) is 1. The fourth-order valence-electron chi connectivity index (χ4n) is 6.65. The van der Waals surface area contributed by atoms with Gasteiger partial charge >= 0.3 is 0 Å². The van der Waals surface area contributed by atoms with Gasteiger partial charge in [0.2, 0.25) is 0 Å². The van der Waals surface area contributed by atoms with Crippen molar-refractivity contribution in [2.45, 2.75) is 5.41 Å². The zero-order valence-electron chi connectivity index (χ0n) is 20.9. The van der Waals surface area contributed by atoms with Crippen LogP contribution in [-0.2, 0) is 5.41 Å². The SMILES string of the molecule is c1ccc(-c2ccc3c(c2)C2(c4cc(-c5ccccc5)ccc4N3)c3ccccc3-c3ccccc32)cc1. The average molecular weight is 484 g/mol. The Balaban J connectivity index is 1.50. The van der Waals surface area contributed by atoms with Crippen molar-refractivity contribution >= 4 is 11.4 Å². The van der Waals surface area contributed by atoms with Gasteiger partial charge in [0.05, 0.1) is 5.41 Å². The summed E-state index contributed by atoms with van der Waals surface area (Å²) in [4.78, 5) is 0. The molecule has 2 aliphatic rings. The number of fused-ring (bicyclic) bond motifs is 9. The zero-order valence-corrected chi connectivity index (χ0v) is 20.9. The van der Waals surface area contributed by atoms with Gasteiger partial charge in [0.1, 0.15) is 0 Å². The first kappa shape index (κ1) is 21.2. The van der Waals surface area contributed by atoms with Crippen LogP contribution in [0.25, 0.3) is 33.4 Å². The highest BCUT2D eigenvalue weighted by molar-refractivity contribution is 5.94. The molecule has 1 spiro atoms. The van der Waals surface area contributed by atoms with Gasteiger partial charge in [-0.3, -0.25) is 0 Å². The quantitative estimate of drug-likeness (QED) is 0.258. The molecule has 0 bridgehead atoms. The summed E-state index contributed by atoms with van der Waals surface area (Å²) in [6, 6.07) is 53.2. The minimum atomic E-state index is -0.418. The summed E-state index contributed by atoms with van der Waals surface area (Å²) in [5.74, 6) is 0. The van der Waals surface area contributed by atoms with Crippen LogP contribution in [0.1, 0.15) is 22.3 Å². The Morgan fingerprint density at radius 1 is 0.342 bits per heavy atom. The van der Waals surface area contributed by atoms with Gasteiger partial charge in [-0.1, -0.05) is 121 Å². The second kappa shape index (κ2) is 8.06. The molecule has 0 unspecified atom stereocenters. The van der Waals surface area contributed by atoms with Crippen molar-refractivity contribution in [2.24, 2.45) is 0 Å². The van der Waals surface area contributed by atoms with Crippen LogP contribution < -0.4 is 5.32 Å². The third-order valence-corrected chi connectivity index (χ3v) is 8.28. The summed E-state index contributed by atoms with van der Waals surface area (Å²) < 4.78 is 0. The molecule has 6 aromatic carbocycles. The van der Waals surface area contributed by atoms with Crippen LogP contribution >= 0.6 is 0 Å². The molecule has 0 aromatic heterocycles. The Hall–Kier alpha value is -4.88. The van der Waals surface area contributed by atoms with Gasteiger partial charge in [-0.2, -0.15) is 0 Å². The Kier molecular flexibility index (Phi) is 4.50. The predicted molar refractivity (Wildman–Crippen MR) is 158 cm³/mol. The number of hydrogen-bond donors (Lipinski definition) is 1. The summed E-state index contributed by atoms with van der Waals surface area (Å²) in [5.41, 5.74) is 14.8. The summed E-state index contributed by atoms with van der Waals surface area (Å²) in [6.07, 6.45) is 0. The lowest BCUT2D eigenvalue weighted by Gasteiger charge is -2.41. The van der Waals surface area contributed by atoms with E-state index in [0.29, 0.717) is 0 Å². The second-order valence-electron chi connectivity index (χ2n) is 10.2. The molecule has 6 aromatic rings. The highest BCUT2D eigenvalue weighted by Crippen LogP contribution is 2.61. The normalized spacial score (nSPS) is 13.7. The zero-order chi connectivity index (χ0) is 25.1. The maximum absolute atomic E-state index is 3.81. The minimum Gasteiger partial charge on any atom is -0.355 e. The van der Waals surface area contributed by atoms with Crippen LogP contribution in [0.4, 0.5) is 11.4 Å². The molecular formula is C37H25N. The van der Waals surface area contributed by atoms with E-state index in [9.17, 15) is 0 Å². The molecule has 0 saturated heterocycles. The molecule has 38 heavy (non-hydrogen) atoms. The molecule has 1 aliphatic heterocycles. The summed E-state index contributed by atoms with van der Waals surface area (Å²) in [7, 11) is 0. The standard InChI is InChI=1S/C37H25N/c1-3-11-25(12-4-1)27-19-21-35-33(23-27)37(31-17-9-7-15-29(31)30-16-8-10-18-32(30)37)34-24-28(20-22-36(34)38-35)26-13-5-2-6-14-26/h1-24,38H. The fourth-order valence-corrected chi connectivity index (χ4v) is 6.65. The van der Waals surface area contributed by atoms with Crippen LogP contribution in [0, 0.1) is 0 Å². The number of rotatable bonds is 2. The number of benzene rings is 6. The third kappa shape index (κ3) is 2.87. The number of anilines is 2. The predicted octanol–water partition coefficient (Wildman–Crippen LogP) is 9.44. The van der Waals surface area contributed by atoms with Gasteiger partial charge in [0.25, 0.3) is 0 Å². The largest absolute Gasteiger partial charge is 0.355 e. The van der Waals surface area contributed by atoms with Gasteiger partial charge < -0.3 is 5.32 Å². The van der Waals surface area contributed by atoms with E-state index in [1.165, 1.54) is 55.6 Å². The lowest BCUT2D eigenvalue weighted by atomic mass is 9.64. The summed E-state index contributed by atoms with van der Waals surface area (Å²) in [6.45, 7) is 0. The van der Waals surface area contributed by atoms with E-state index >= 15 is 0 Å². The smallest absolute Gasteiger partial charge is 0.0754 e. The Morgan fingerprint density at radius 2 is 0.763 bits per heavy atom. The maximum Gasteiger partial charge on any atom is 0.0754 e. The first-order valence-electron chi connectivity index (χ1n) is 13.2. The van der Waals surface area contributed by atoms with E-state index in [-0.39, 0.29) is 0 Å². The molecular weight excluding hydrogens is 458 g/mol. The van der Waals surface area contributed by atoms with Crippen molar-refractivity contribution in [3.8, 4) is 33.4 Å². The highest BCUT2D eigenvalue weighted by Gasteiger charge is 2.50. The van der Waals surface area contributed by atoms with Crippen LogP contribution in [0.5, 0.6) is 0 Å². The second-order valence-corrected chi connectivity index (χ2v) is 10.2.